The van der Waals surface area contributed by atoms with E-state index in [2.05, 4.69) is 25.2 Å². The van der Waals surface area contributed by atoms with Gasteiger partial charge in [0, 0.05) is 32.7 Å². The molecule has 7 heteroatoms. The van der Waals surface area contributed by atoms with Crippen molar-refractivity contribution >= 4 is 17.8 Å². The van der Waals surface area contributed by atoms with Gasteiger partial charge in [-0.3, -0.25) is 4.79 Å². The number of rotatable bonds is 5. The highest BCUT2D eigenvalue weighted by atomic mass is 16.1. The highest BCUT2D eigenvalue weighted by Crippen LogP contribution is 2.18. The van der Waals surface area contributed by atoms with Crippen LogP contribution < -0.4 is 15.1 Å². The summed E-state index contributed by atoms with van der Waals surface area (Å²) in [4.78, 5) is 30.2. The van der Waals surface area contributed by atoms with Crippen LogP contribution in [0.4, 0.5) is 11.9 Å². The maximum Gasteiger partial charge on any atom is 0.251 e. The van der Waals surface area contributed by atoms with Gasteiger partial charge in [-0.2, -0.15) is 15.0 Å². The molecule has 26 heavy (non-hydrogen) atoms. The monoisotopic (exact) mass is 354 g/mol. The van der Waals surface area contributed by atoms with Gasteiger partial charge in [0.2, 0.25) is 11.9 Å². The number of amides is 1. The number of hydrogen-bond acceptors (Lipinski definition) is 6. The minimum Gasteiger partial charge on any atom is -0.347 e. The Morgan fingerprint density at radius 1 is 1.15 bits per heavy atom. The zero-order valence-electron chi connectivity index (χ0n) is 15.9. The Labute approximate surface area is 154 Å². The molecule has 0 unspecified atom stereocenters. The van der Waals surface area contributed by atoms with Gasteiger partial charge in [-0.15, -0.1) is 0 Å². The van der Waals surface area contributed by atoms with Crippen molar-refractivity contribution < 1.29 is 4.79 Å². The van der Waals surface area contributed by atoms with Crippen molar-refractivity contribution in [2.45, 2.75) is 33.2 Å². The number of carbonyl (C=O) groups excluding carboxylic acids is 1. The summed E-state index contributed by atoms with van der Waals surface area (Å²) in [5, 5.41) is 2.94. The molecule has 0 saturated carbocycles. The Balaban J connectivity index is 1.78. The van der Waals surface area contributed by atoms with E-state index in [4.69, 9.17) is 0 Å². The van der Waals surface area contributed by atoms with Gasteiger partial charge in [0.1, 0.15) is 0 Å². The van der Waals surface area contributed by atoms with Gasteiger partial charge >= 0.3 is 0 Å². The highest BCUT2D eigenvalue weighted by molar-refractivity contribution is 5.95. The third-order valence-electron chi connectivity index (χ3n) is 4.49. The number of carbonyl (C=O) groups is 1. The summed E-state index contributed by atoms with van der Waals surface area (Å²) < 4.78 is 0. The molecule has 138 valence electrons. The van der Waals surface area contributed by atoms with Crippen LogP contribution in [-0.2, 0) is 6.54 Å². The van der Waals surface area contributed by atoms with E-state index in [9.17, 15) is 4.79 Å². The van der Waals surface area contributed by atoms with Crippen molar-refractivity contribution in [1.82, 2.24) is 20.3 Å². The molecule has 1 aliphatic heterocycles. The van der Waals surface area contributed by atoms with Crippen molar-refractivity contribution in [2.24, 2.45) is 0 Å². The van der Waals surface area contributed by atoms with Crippen molar-refractivity contribution in [3.8, 4) is 0 Å². The van der Waals surface area contributed by atoms with Crippen LogP contribution in [-0.4, -0.2) is 48.0 Å². The average Bonchev–Trinajstić information content (AvgIpc) is 3.16. The fraction of sp³-hybridized carbons (Fsp3) is 0.474. The topological polar surface area (TPSA) is 74.2 Å². The van der Waals surface area contributed by atoms with E-state index in [0.717, 1.165) is 37.1 Å². The Morgan fingerprint density at radius 2 is 1.88 bits per heavy atom. The molecule has 2 heterocycles. The molecule has 0 aliphatic carbocycles. The summed E-state index contributed by atoms with van der Waals surface area (Å²) in [7, 11) is 3.81. The SMILES string of the molecule is Cc1ccc(C)c(C(=O)NCc2nc(N(C)C)nc(N3CCCC3)n2)c1. The molecule has 1 aromatic carbocycles. The molecular formula is C19H26N6O. The molecule has 1 N–H and O–H groups in total. The van der Waals surface area contributed by atoms with Gasteiger partial charge < -0.3 is 15.1 Å². The molecule has 1 fully saturated rings. The number of anilines is 2. The molecule has 2 aromatic rings. The predicted octanol–water partition coefficient (Wildman–Crippen LogP) is 2.08. The first-order valence-corrected chi connectivity index (χ1v) is 8.97. The lowest BCUT2D eigenvalue weighted by Gasteiger charge is -2.19. The van der Waals surface area contributed by atoms with E-state index in [1.807, 2.05) is 51.0 Å². The molecule has 1 amide bonds. The lowest BCUT2D eigenvalue weighted by atomic mass is 10.1. The summed E-state index contributed by atoms with van der Waals surface area (Å²) in [5.41, 5.74) is 2.70. The first-order valence-electron chi connectivity index (χ1n) is 8.97. The minimum atomic E-state index is -0.110. The Morgan fingerprint density at radius 3 is 2.58 bits per heavy atom. The zero-order chi connectivity index (χ0) is 18.7. The number of nitrogens with one attached hydrogen (secondary N) is 1. The second-order valence-corrected chi connectivity index (χ2v) is 6.94. The van der Waals surface area contributed by atoms with Crippen molar-refractivity contribution in [3.63, 3.8) is 0 Å². The Kier molecular flexibility index (Phi) is 5.35. The van der Waals surface area contributed by atoms with E-state index in [1.54, 1.807) is 0 Å². The van der Waals surface area contributed by atoms with E-state index in [1.165, 1.54) is 0 Å². The van der Waals surface area contributed by atoms with E-state index in [-0.39, 0.29) is 12.5 Å². The number of nitrogens with zero attached hydrogens (tertiary/aromatic N) is 5. The van der Waals surface area contributed by atoms with Crippen LogP contribution in [0.25, 0.3) is 0 Å². The number of benzene rings is 1. The van der Waals surface area contributed by atoms with Crippen LogP contribution >= 0.6 is 0 Å². The Bertz CT molecular complexity index is 799. The van der Waals surface area contributed by atoms with Crippen LogP contribution in [0.1, 0.15) is 40.2 Å². The summed E-state index contributed by atoms with van der Waals surface area (Å²) in [6, 6.07) is 5.87. The molecule has 0 bridgehead atoms. The summed E-state index contributed by atoms with van der Waals surface area (Å²) in [6.45, 7) is 6.12. The van der Waals surface area contributed by atoms with Gasteiger partial charge in [0.05, 0.1) is 6.54 Å². The van der Waals surface area contributed by atoms with Crippen LogP contribution in [0.5, 0.6) is 0 Å². The summed E-state index contributed by atoms with van der Waals surface area (Å²) >= 11 is 0. The predicted molar refractivity (Wildman–Crippen MR) is 103 cm³/mol. The largest absolute Gasteiger partial charge is 0.347 e. The van der Waals surface area contributed by atoms with E-state index in [0.29, 0.717) is 23.3 Å². The van der Waals surface area contributed by atoms with Crippen molar-refractivity contribution in [2.75, 3.05) is 37.0 Å². The van der Waals surface area contributed by atoms with Gasteiger partial charge in [-0.25, -0.2) is 0 Å². The molecule has 1 saturated heterocycles. The molecule has 3 rings (SSSR count). The molecule has 7 nitrogen and oxygen atoms in total. The summed E-state index contributed by atoms with van der Waals surface area (Å²) in [6.07, 6.45) is 2.31. The third-order valence-corrected chi connectivity index (χ3v) is 4.49. The molecule has 1 aromatic heterocycles. The molecular weight excluding hydrogens is 328 g/mol. The van der Waals surface area contributed by atoms with Crippen molar-refractivity contribution in [3.05, 3.63) is 40.7 Å². The standard InChI is InChI=1S/C19H26N6O/c1-13-7-8-14(2)15(11-13)17(26)20-12-16-21-18(24(3)4)23-19(22-16)25-9-5-6-10-25/h7-8,11H,5-6,9-10,12H2,1-4H3,(H,20,26). The maximum absolute atomic E-state index is 12.5. The first-order chi connectivity index (χ1) is 12.4. The average molecular weight is 354 g/mol. The lowest BCUT2D eigenvalue weighted by molar-refractivity contribution is 0.0949. The van der Waals surface area contributed by atoms with E-state index >= 15 is 0 Å². The first kappa shape index (κ1) is 18.1. The lowest BCUT2D eigenvalue weighted by Crippen LogP contribution is -2.28. The molecule has 0 spiro atoms. The fourth-order valence-corrected chi connectivity index (χ4v) is 2.97. The number of aryl methyl sites for hydroxylation is 2. The smallest absolute Gasteiger partial charge is 0.251 e. The van der Waals surface area contributed by atoms with Gasteiger partial charge in [-0.1, -0.05) is 17.7 Å². The van der Waals surface area contributed by atoms with Gasteiger partial charge in [0.25, 0.3) is 5.91 Å². The van der Waals surface area contributed by atoms with Gasteiger partial charge in [0.15, 0.2) is 5.82 Å². The van der Waals surface area contributed by atoms with Crippen LogP contribution in [0.15, 0.2) is 18.2 Å². The highest BCUT2D eigenvalue weighted by Gasteiger charge is 2.18. The second-order valence-electron chi connectivity index (χ2n) is 6.94. The molecule has 0 radical (unpaired) electrons. The second kappa shape index (κ2) is 7.68. The van der Waals surface area contributed by atoms with E-state index < -0.39 is 0 Å². The number of hydrogen-bond donors (Lipinski definition) is 1. The molecule has 1 aliphatic rings. The number of aromatic nitrogens is 3. The normalized spacial score (nSPS) is 13.8. The third kappa shape index (κ3) is 4.09. The van der Waals surface area contributed by atoms with Gasteiger partial charge in [-0.05, 0) is 38.3 Å². The fourth-order valence-electron chi connectivity index (χ4n) is 2.97. The minimum absolute atomic E-state index is 0.110. The van der Waals surface area contributed by atoms with Crippen LogP contribution in [0.2, 0.25) is 0 Å². The van der Waals surface area contributed by atoms with Crippen LogP contribution in [0, 0.1) is 13.8 Å². The summed E-state index contributed by atoms with van der Waals surface area (Å²) in [5.74, 6) is 1.76. The molecule has 0 atom stereocenters. The van der Waals surface area contributed by atoms with Crippen LogP contribution in [0.3, 0.4) is 0 Å². The Hall–Kier alpha value is -2.70. The maximum atomic E-state index is 12.5. The zero-order valence-corrected chi connectivity index (χ0v) is 15.9. The quantitative estimate of drug-likeness (QED) is 0.886. The van der Waals surface area contributed by atoms with Crippen molar-refractivity contribution in [1.29, 1.82) is 0 Å².